The topological polar surface area (TPSA) is 31.6 Å². The van der Waals surface area contributed by atoms with Gasteiger partial charge in [0.15, 0.2) is 0 Å². The number of rotatable bonds is 0. The van der Waals surface area contributed by atoms with E-state index in [1.807, 2.05) is 0 Å². The molecule has 30 heavy (non-hydrogen) atoms. The van der Waals surface area contributed by atoms with Crippen LogP contribution in [-0.4, -0.2) is 50.8 Å². The summed E-state index contributed by atoms with van der Waals surface area (Å²) in [6.07, 6.45) is 0. The normalized spacial score (nSPS) is 21.0. The Labute approximate surface area is 198 Å². The Morgan fingerprint density at radius 3 is 1.43 bits per heavy atom. The van der Waals surface area contributed by atoms with Gasteiger partial charge in [0.2, 0.25) is 0 Å². The summed E-state index contributed by atoms with van der Waals surface area (Å²) in [5.74, 6) is 0. The van der Waals surface area contributed by atoms with E-state index in [2.05, 4.69) is 100 Å². The summed E-state index contributed by atoms with van der Waals surface area (Å²) in [6.45, 7) is 14.1. The molecule has 0 fully saturated rings. The number of H-pyrrole nitrogens is 2. The first-order valence-corrected chi connectivity index (χ1v) is 15.1. The molecule has 5 rings (SSSR count). The maximum absolute atomic E-state index is 3.80. The molecule has 0 atom stereocenters. The summed E-state index contributed by atoms with van der Waals surface area (Å²) in [5.41, 5.74) is 8.15. The number of aromatic amines is 2. The molecule has 4 aromatic heterocycles. The summed E-state index contributed by atoms with van der Waals surface area (Å²) in [7, 11) is 0. The molecule has 0 amide bonds. The van der Waals surface area contributed by atoms with Gasteiger partial charge in [-0.15, -0.1) is 0 Å². The van der Waals surface area contributed by atoms with Gasteiger partial charge in [-0.05, 0) is 0 Å². The van der Waals surface area contributed by atoms with Gasteiger partial charge in [-0.25, -0.2) is 0 Å². The van der Waals surface area contributed by atoms with Gasteiger partial charge < -0.3 is 0 Å². The number of fused-ring (bicyclic) bond motifs is 8. The zero-order valence-corrected chi connectivity index (χ0v) is 23.1. The third-order valence-corrected chi connectivity index (χ3v) is 15.4. The fraction of sp³-hybridized carbons (Fsp3) is 0.308. The molecule has 0 aromatic carbocycles. The summed E-state index contributed by atoms with van der Waals surface area (Å²) < 4.78 is 6.30. The number of hydrogen-bond donors (Lipinski definition) is 2. The molecule has 0 aliphatic carbocycles. The van der Waals surface area contributed by atoms with Crippen molar-refractivity contribution in [1.82, 2.24) is 9.97 Å². The standard InChI is InChI=1S/C26H28N2Te2/c1-15-17-7-11-21(27-17)25(3,4)23-13-14-24(30-23)26(5,6)22-12-8-18(28-22)16(2)20-10-9-19(15)29-20/h7-14,27-28H,1-6H3/b19-15-,20-16+. The zero-order chi connectivity index (χ0) is 21.3. The molecule has 1 aliphatic heterocycles. The first-order valence-electron chi connectivity index (χ1n) is 10.5. The van der Waals surface area contributed by atoms with Crippen molar-refractivity contribution in [3.05, 3.63) is 84.9 Å². The number of nitrogens with one attached hydrogen (secondary N) is 2. The van der Waals surface area contributed by atoms with Crippen molar-refractivity contribution < 1.29 is 0 Å². The van der Waals surface area contributed by atoms with Crippen molar-refractivity contribution >= 4 is 52.0 Å². The van der Waals surface area contributed by atoms with Crippen molar-refractivity contribution in [1.29, 1.82) is 0 Å². The van der Waals surface area contributed by atoms with E-state index < -0.39 is 20.4 Å². The van der Waals surface area contributed by atoms with Gasteiger partial charge in [0.1, 0.15) is 0 Å². The second kappa shape index (κ2) is 7.18. The van der Waals surface area contributed by atoms with Gasteiger partial charge in [-0.3, -0.25) is 0 Å². The van der Waals surface area contributed by atoms with Gasteiger partial charge in [0.25, 0.3) is 0 Å². The molecule has 5 heterocycles. The Hall–Kier alpha value is -1.16. The fourth-order valence-electron chi connectivity index (χ4n) is 4.24. The molecule has 4 heteroatoms. The van der Waals surface area contributed by atoms with Gasteiger partial charge in [-0.1, -0.05) is 0 Å². The van der Waals surface area contributed by atoms with E-state index in [0.717, 1.165) is 0 Å². The van der Waals surface area contributed by atoms with Gasteiger partial charge in [0, 0.05) is 0 Å². The molecule has 8 bridgehead atoms. The maximum atomic E-state index is 3.80. The molecule has 2 nitrogen and oxygen atoms in total. The van der Waals surface area contributed by atoms with Crippen LogP contribution < -0.4 is 6.47 Å². The zero-order valence-electron chi connectivity index (χ0n) is 18.4. The first-order chi connectivity index (χ1) is 14.2. The minimum absolute atomic E-state index is 0.0432. The Morgan fingerprint density at radius 2 is 1.00 bits per heavy atom. The Kier molecular flexibility index (Phi) is 4.96. The van der Waals surface area contributed by atoms with Crippen LogP contribution in [0.2, 0.25) is 0 Å². The van der Waals surface area contributed by atoms with E-state index >= 15 is 0 Å². The molecular weight excluding hydrogens is 596 g/mol. The van der Waals surface area contributed by atoms with Crippen molar-refractivity contribution in [3.63, 3.8) is 0 Å². The SMILES string of the molecule is C/C1=c2\cc/c([te]2)=C(/C)c2ccc([nH]2)C(C)(C)c2ccc([te]2)C(C)(C)c2ccc1[nH]2. The van der Waals surface area contributed by atoms with Crippen molar-refractivity contribution in [2.45, 2.75) is 52.4 Å². The molecule has 154 valence electrons. The fourth-order valence-corrected chi connectivity index (χ4v) is 10.7. The van der Waals surface area contributed by atoms with Crippen LogP contribution >= 0.6 is 0 Å². The Balaban J connectivity index is 1.83. The van der Waals surface area contributed by atoms with Crippen LogP contribution in [0, 0.1) is 0 Å². The molecule has 0 radical (unpaired) electrons. The number of aromatic nitrogens is 2. The molecule has 2 N–H and O–H groups in total. The summed E-state index contributed by atoms with van der Waals surface area (Å²) in [4.78, 5) is 7.59. The average molecular weight is 624 g/mol. The summed E-state index contributed by atoms with van der Waals surface area (Å²) in [6, 6.07) is 18.7. The Bertz CT molecular complexity index is 1270. The van der Waals surface area contributed by atoms with Crippen molar-refractivity contribution in [2.75, 3.05) is 0 Å². The predicted molar refractivity (Wildman–Crippen MR) is 128 cm³/mol. The molecule has 0 unspecified atom stereocenters. The van der Waals surface area contributed by atoms with E-state index in [-0.39, 0.29) is 31.3 Å². The van der Waals surface area contributed by atoms with E-state index in [1.165, 1.54) is 40.4 Å². The van der Waals surface area contributed by atoms with Crippen LogP contribution in [-0.2, 0) is 10.8 Å². The van der Waals surface area contributed by atoms with Crippen LogP contribution in [0.1, 0.15) is 71.5 Å². The average Bonchev–Trinajstić information content (AvgIpc) is 3.50. The Morgan fingerprint density at radius 1 is 0.567 bits per heavy atom. The van der Waals surface area contributed by atoms with E-state index in [4.69, 9.17) is 0 Å². The molecule has 0 saturated carbocycles. The van der Waals surface area contributed by atoms with Crippen molar-refractivity contribution in [2.24, 2.45) is 0 Å². The van der Waals surface area contributed by atoms with E-state index in [1.54, 1.807) is 7.16 Å². The minimum atomic E-state index is -0.395. The van der Waals surface area contributed by atoms with Gasteiger partial charge in [0.05, 0.1) is 0 Å². The second-order valence-electron chi connectivity index (χ2n) is 9.40. The van der Waals surface area contributed by atoms with E-state index in [0.29, 0.717) is 0 Å². The van der Waals surface area contributed by atoms with Crippen LogP contribution in [0.5, 0.6) is 0 Å². The van der Waals surface area contributed by atoms with Crippen LogP contribution in [0.3, 0.4) is 0 Å². The van der Waals surface area contributed by atoms with Gasteiger partial charge >= 0.3 is 199 Å². The molecule has 0 spiro atoms. The summed E-state index contributed by atoms with van der Waals surface area (Å²) in [5, 5.41) is 0. The summed E-state index contributed by atoms with van der Waals surface area (Å²) >= 11 is -0.771. The quantitative estimate of drug-likeness (QED) is 0.279. The first kappa shape index (κ1) is 20.7. The molecule has 0 saturated heterocycles. The molecular formula is C26H28N2Te2. The van der Waals surface area contributed by atoms with Crippen LogP contribution in [0.4, 0.5) is 0 Å². The molecule has 1 aliphatic rings. The second-order valence-corrected chi connectivity index (χ2v) is 15.6. The predicted octanol–water partition coefficient (Wildman–Crippen LogP) is 3.86. The monoisotopic (exact) mass is 628 g/mol. The van der Waals surface area contributed by atoms with Crippen LogP contribution in [0.15, 0.2) is 48.5 Å². The van der Waals surface area contributed by atoms with E-state index in [9.17, 15) is 0 Å². The molecule has 4 aromatic rings. The van der Waals surface area contributed by atoms with Crippen molar-refractivity contribution in [3.8, 4) is 0 Å². The number of hydrogen-bond acceptors (Lipinski definition) is 0. The van der Waals surface area contributed by atoms with Gasteiger partial charge in [-0.2, -0.15) is 0 Å². The third-order valence-electron chi connectivity index (χ3n) is 6.71. The third kappa shape index (κ3) is 3.20. The van der Waals surface area contributed by atoms with Crippen LogP contribution in [0.25, 0.3) is 11.1 Å².